The number of aromatic nitrogens is 2. The highest BCUT2D eigenvalue weighted by Gasteiger charge is 2.03. The maximum atomic E-state index is 6.03. The summed E-state index contributed by atoms with van der Waals surface area (Å²) in [6, 6.07) is 3.64. The second-order valence-corrected chi connectivity index (χ2v) is 3.19. The Balaban J connectivity index is 2.44. The minimum atomic E-state index is 0.440. The number of terminal acetylenes is 1. The Morgan fingerprint density at radius 2 is 2.50 bits per heavy atom. The van der Waals surface area contributed by atoms with Crippen molar-refractivity contribution in [2.24, 2.45) is 0 Å². The Labute approximate surface area is 86.5 Å². The van der Waals surface area contributed by atoms with Gasteiger partial charge in [0.05, 0.1) is 11.6 Å². The lowest BCUT2D eigenvalue weighted by Gasteiger charge is -2.02. The average Bonchev–Trinajstić information content (AvgIpc) is 2.63. The zero-order chi connectivity index (χ0) is 9.97. The molecule has 0 bridgehead atoms. The van der Waals surface area contributed by atoms with Crippen molar-refractivity contribution in [3.63, 3.8) is 0 Å². The van der Waals surface area contributed by atoms with Gasteiger partial charge < -0.3 is 10.3 Å². The largest absolute Gasteiger partial charge is 0.359 e. The molecule has 3 nitrogen and oxygen atoms in total. The number of H-pyrrole nitrogens is 1. The molecule has 0 aliphatic carbocycles. The third-order valence-corrected chi connectivity index (χ3v) is 2.16. The molecule has 2 aromatic heterocycles. The molecule has 2 N–H and O–H groups in total. The van der Waals surface area contributed by atoms with E-state index in [1.165, 1.54) is 0 Å². The van der Waals surface area contributed by atoms with Crippen LogP contribution in [0.2, 0.25) is 5.02 Å². The molecule has 0 unspecified atom stereocenters. The fourth-order valence-corrected chi connectivity index (χ4v) is 1.48. The first-order valence-corrected chi connectivity index (χ1v) is 4.50. The quantitative estimate of drug-likeness (QED) is 0.739. The van der Waals surface area contributed by atoms with Crippen LogP contribution in [0.15, 0.2) is 18.3 Å². The van der Waals surface area contributed by atoms with Crippen molar-refractivity contribution in [3.8, 4) is 12.3 Å². The molecule has 0 radical (unpaired) electrons. The van der Waals surface area contributed by atoms with Gasteiger partial charge in [0.1, 0.15) is 11.5 Å². The number of hydrogen-bond acceptors (Lipinski definition) is 2. The van der Waals surface area contributed by atoms with Gasteiger partial charge in [-0.2, -0.15) is 0 Å². The van der Waals surface area contributed by atoms with E-state index >= 15 is 0 Å². The summed E-state index contributed by atoms with van der Waals surface area (Å²) < 4.78 is 0. The summed E-state index contributed by atoms with van der Waals surface area (Å²) in [5, 5.41) is 4.54. The number of fused-ring (bicyclic) bond motifs is 1. The summed E-state index contributed by atoms with van der Waals surface area (Å²) in [5.74, 6) is 3.16. The van der Waals surface area contributed by atoms with Crippen LogP contribution < -0.4 is 5.32 Å². The molecular weight excluding hydrogens is 198 g/mol. The molecule has 4 heteroatoms. The molecular formula is C10H8ClN3. The number of nitrogens with one attached hydrogen (secondary N) is 2. The monoisotopic (exact) mass is 205 g/mol. The number of anilines is 1. The van der Waals surface area contributed by atoms with E-state index in [0.717, 1.165) is 11.0 Å². The molecule has 0 saturated heterocycles. The summed E-state index contributed by atoms with van der Waals surface area (Å²) in [7, 11) is 0. The second-order valence-electron chi connectivity index (χ2n) is 2.79. The predicted octanol–water partition coefficient (Wildman–Crippen LogP) is 2.26. The number of nitrogens with zero attached hydrogens (tertiary/aromatic N) is 1. The number of aromatic amines is 1. The Morgan fingerprint density at radius 3 is 3.29 bits per heavy atom. The van der Waals surface area contributed by atoms with Crippen LogP contribution in [0.5, 0.6) is 0 Å². The Morgan fingerprint density at radius 1 is 1.64 bits per heavy atom. The van der Waals surface area contributed by atoms with Crippen molar-refractivity contribution in [2.45, 2.75) is 0 Å². The van der Waals surface area contributed by atoms with Crippen molar-refractivity contribution >= 4 is 28.5 Å². The minimum absolute atomic E-state index is 0.440. The molecule has 2 rings (SSSR count). The summed E-state index contributed by atoms with van der Waals surface area (Å²) >= 11 is 6.03. The molecule has 70 valence electrons. The maximum absolute atomic E-state index is 6.03. The molecule has 0 aliphatic heterocycles. The first-order chi connectivity index (χ1) is 6.81. The lowest BCUT2D eigenvalue weighted by Crippen LogP contribution is -2.00. The normalized spacial score (nSPS) is 10.0. The van der Waals surface area contributed by atoms with Crippen molar-refractivity contribution in [2.75, 3.05) is 11.9 Å². The van der Waals surface area contributed by atoms with Gasteiger partial charge >= 0.3 is 0 Å². The highest BCUT2D eigenvalue weighted by atomic mass is 35.5. The predicted molar refractivity (Wildman–Crippen MR) is 58.4 cm³/mol. The van der Waals surface area contributed by atoms with E-state index in [0.29, 0.717) is 17.4 Å². The summed E-state index contributed by atoms with van der Waals surface area (Å²) in [6.45, 7) is 0.440. The zero-order valence-electron chi connectivity index (χ0n) is 7.34. The van der Waals surface area contributed by atoms with Crippen molar-refractivity contribution < 1.29 is 0 Å². The highest BCUT2D eigenvalue weighted by Crippen LogP contribution is 2.23. The molecule has 2 heterocycles. The van der Waals surface area contributed by atoms with Gasteiger partial charge in [-0.05, 0) is 12.1 Å². The number of halogens is 1. The molecule has 14 heavy (non-hydrogen) atoms. The Hall–Kier alpha value is -1.66. The van der Waals surface area contributed by atoms with Gasteiger partial charge in [-0.25, -0.2) is 4.98 Å². The smallest absolute Gasteiger partial charge is 0.141 e. The van der Waals surface area contributed by atoms with Crippen LogP contribution in [0.3, 0.4) is 0 Å². The first kappa shape index (κ1) is 8.92. The molecule has 0 aromatic carbocycles. The van der Waals surface area contributed by atoms with E-state index in [9.17, 15) is 0 Å². The van der Waals surface area contributed by atoms with Crippen LogP contribution in [0.4, 0.5) is 5.82 Å². The van der Waals surface area contributed by atoms with Crippen molar-refractivity contribution in [3.05, 3.63) is 23.4 Å². The standard InChI is InChI=1S/C10H8ClN3/c1-2-4-12-9-6-8(11)7-3-5-13-10(7)14-9/h1,3,5-6H,4H2,(H2,12,13,14). The zero-order valence-corrected chi connectivity index (χ0v) is 8.10. The van der Waals surface area contributed by atoms with E-state index in [-0.39, 0.29) is 0 Å². The van der Waals surface area contributed by atoms with Gasteiger partial charge in [0.25, 0.3) is 0 Å². The average molecular weight is 206 g/mol. The molecule has 0 atom stereocenters. The third kappa shape index (κ3) is 1.52. The van der Waals surface area contributed by atoms with Gasteiger partial charge in [-0.1, -0.05) is 17.5 Å². The number of rotatable bonds is 2. The Bertz CT molecular complexity index is 496. The van der Waals surface area contributed by atoms with E-state index in [1.54, 1.807) is 12.3 Å². The van der Waals surface area contributed by atoms with Crippen molar-refractivity contribution in [1.82, 2.24) is 9.97 Å². The molecule has 0 amide bonds. The highest BCUT2D eigenvalue weighted by molar-refractivity contribution is 6.35. The molecule has 2 aromatic rings. The van der Waals surface area contributed by atoms with E-state index in [2.05, 4.69) is 21.2 Å². The van der Waals surface area contributed by atoms with Gasteiger partial charge in [0.15, 0.2) is 0 Å². The van der Waals surface area contributed by atoms with Gasteiger partial charge in [-0.3, -0.25) is 0 Å². The summed E-state index contributed by atoms with van der Waals surface area (Å²) in [4.78, 5) is 7.28. The van der Waals surface area contributed by atoms with Gasteiger partial charge in [0.2, 0.25) is 0 Å². The maximum Gasteiger partial charge on any atom is 0.141 e. The van der Waals surface area contributed by atoms with E-state index in [1.807, 2.05) is 6.07 Å². The minimum Gasteiger partial charge on any atom is -0.359 e. The Kier molecular flexibility index (Phi) is 2.30. The molecule has 0 aliphatic rings. The molecule has 0 spiro atoms. The lowest BCUT2D eigenvalue weighted by molar-refractivity contribution is 1.26. The fourth-order valence-electron chi connectivity index (χ4n) is 1.23. The number of hydrogen-bond donors (Lipinski definition) is 2. The topological polar surface area (TPSA) is 40.7 Å². The molecule has 0 saturated carbocycles. The van der Waals surface area contributed by atoms with Crippen LogP contribution in [0, 0.1) is 12.3 Å². The SMILES string of the molecule is C#CCNc1cc(Cl)c2cc[nH]c2n1. The van der Waals surface area contributed by atoms with Crippen LogP contribution >= 0.6 is 11.6 Å². The molecule has 0 fully saturated rings. The second kappa shape index (κ2) is 3.60. The first-order valence-electron chi connectivity index (χ1n) is 4.12. The van der Waals surface area contributed by atoms with Crippen molar-refractivity contribution in [1.29, 1.82) is 0 Å². The van der Waals surface area contributed by atoms with E-state index in [4.69, 9.17) is 18.0 Å². The van der Waals surface area contributed by atoms with Crippen LogP contribution in [0.25, 0.3) is 11.0 Å². The van der Waals surface area contributed by atoms with E-state index < -0.39 is 0 Å². The van der Waals surface area contributed by atoms with Gasteiger partial charge in [0, 0.05) is 11.6 Å². The lowest BCUT2D eigenvalue weighted by atomic mass is 10.3. The van der Waals surface area contributed by atoms with Crippen LogP contribution in [-0.2, 0) is 0 Å². The third-order valence-electron chi connectivity index (χ3n) is 1.85. The number of pyridine rings is 1. The van der Waals surface area contributed by atoms with Crippen LogP contribution in [0.1, 0.15) is 0 Å². The summed E-state index contributed by atoms with van der Waals surface area (Å²) in [6.07, 6.45) is 6.93. The van der Waals surface area contributed by atoms with Crippen LogP contribution in [-0.4, -0.2) is 16.5 Å². The fraction of sp³-hybridized carbons (Fsp3) is 0.100. The summed E-state index contributed by atoms with van der Waals surface area (Å²) in [5.41, 5.74) is 0.761. The van der Waals surface area contributed by atoms with Gasteiger partial charge in [-0.15, -0.1) is 6.42 Å².